The van der Waals surface area contributed by atoms with E-state index in [1.807, 2.05) is 52.0 Å². The van der Waals surface area contributed by atoms with Gasteiger partial charge in [-0.15, -0.1) is 0 Å². The summed E-state index contributed by atoms with van der Waals surface area (Å²) in [5.41, 5.74) is 1.48. The summed E-state index contributed by atoms with van der Waals surface area (Å²) < 4.78 is 12.1. The molecule has 0 aromatic heterocycles. The lowest BCUT2D eigenvalue weighted by Crippen LogP contribution is -2.41. The fourth-order valence-electron chi connectivity index (χ4n) is 2.24. The molecule has 1 atom stereocenters. The quantitative estimate of drug-likeness (QED) is 0.855. The van der Waals surface area contributed by atoms with Crippen molar-refractivity contribution in [2.75, 3.05) is 7.05 Å². The maximum atomic E-state index is 8.98. The molecule has 0 radical (unpaired) electrons. The number of rotatable bonds is 4. The summed E-state index contributed by atoms with van der Waals surface area (Å²) >= 11 is 0. The predicted octanol–water partition coefficient (Wildman–Crippen LogP) is 1.64. The van der Waals surface area contributed by atoms with E-state index in [2.05, 4.69) is 11.4 Å². The first-order valence-corrected chi connectivity index (χ1v) is 7.30. The lowest BCUT2D eigenvalue weighted by Gasteiger charge is -2.32. The molecule has 1 fully saturated rings. The maximum absolute atomic E-state index is 8.98. The average Bonchev–Trinajstić information content (AvgIpc) is 2.65. The van der Waals surface area contributed by atoms with Crippen molar-refractivity contribution in [3.05, 3.63) is 29.8 Å². The van der Waals surface area contributed by atoms with Crippen molar-refractivity contribution in [2.24, 2.45) is 0 Å². The molecule has 1 aromatic rings. The molecule has 0 amide bonds. The Hall–Kier alpha value is -1.35. The Kier molecular flexibility index (Phi) is 4.43. The standard InChI is InChI=1S/C16H23BN2O2/c1-15(2)16(3,4)21-17(20-15)13-8-6-12(7-9-13)10-14(11-18)19-5/h6-9,14,19H,10H2,1-5H3/t14-/m0/s1. The SMILES string of the molecule is CN[C@H](C#N)Cc1ccc(B2OC(C)(C)C(C)(C)O2)cc1. The number of nitriles is 1. The highest BCUT2D eigenvalue weighted by molar-refractivity contribution is 6.62. The number of hydrogen-bond acceptors (Lipinski definition) is 4. The molecular formula is C16H23BN2O2. The van der Waals surface area contributed by atoms with Crippen LogP contribution < -0.4 is 10.8 Å². The third kappa shape index (κ3) is 3.29. The van der Waals surface area contributed by atoms with Crippen molar-refractivity contribution < 1.29 is 9.31 Å². The topological polar surface area (TPSA) is 54.3 Å². The first kappa shape index (κ1) is 16.0. The number of nitrogens with zero attached hydrogens (tertiary/aromatic N) is 1. The smallest absolute Gasteiger partial charge is 0.399 e. The molecule has 21 heavy (non-hydrogen) atoms. The van der Waals surface area contributed by atoms with Gasteiger partial charge in [-0.1, -0.05) is 24.3 Å². The molecule has 1 saturated heterocycles. The van der Waals surface area contributed by atoms with Crippen LogP contribution in [0.5, 0.6) is 0 Å². The summed E-state index contributed by atoms with van der Waals surface area (Å²) in [5, 5.41) is 12.0. The Morgan fingerprint density at radius 3 is 2.10 bits per heavy atom. The summed E-state index contributed by atoms with van der Waals surface area (Å²) in [5.74, 6) is 0. The van der Waals surface area contributed by atoms with Crippen molar-refractivity contribution in [1.82, 2.24) is 5.32 Å². The number of hydrogen-bond donors (Lipinski definition) is 1. The minimum atomic E-state index is -0.333. The van der Waals surface area contributed by atoms with Crippen LogP contribution in [-0.2, 0) is 15.7 Å². The van der Waals surface area contributed by atoms with Gasteiger partial charge in [0.05, 0.1) is 23.3 Å². The van der Waals surface area contributed by atoms with E-state index in [0.717, 1.165) is 11.0 Å². The van der Waals surface area contributed by atoms with Gasteiger partial charge in [0.1, 0.15) is 0 Å². The van der Waals surface area contributed by atoms with E-state index < -0.39 is 0 Å². The molecule has 1 aromatic carbocycles. The second kappa shape index (κ2) is 5.80. The first-order chi connectivity index (χ1) is 9.79. The molecule has 0 bridgehead atoms. The van der Waals surface area contributed by atoms with E-state index in [0.29, 0.717) is 6.42 Å². The minimum absolute atomic E-state index is 0.160. The molecule has 0 aliphatic carbocycles. The highest BCUT2D eigenvalue weighted by atomic mass is 16.7. The molecule has 2 rings (SSSR count). The lowest BCUT2D eigenvalue weighted by molar-refractivity contribution is 0.00578. The van der Waals surface area contributed by atoms with Gasteiger partial charge < -0.3 is 14.6 Å². The zero-order valence-corrected chi connectivity index (χ0v) is 13.4. The van der Waals surface area contributed by atoms with Gasteiger partial charge in [-0.05, 0) is 45.8 Å². The third-order valence-electron chi connectivity index (χ3n) is 4.45. The number of nitrogens with one attached hydrogen (secondary N) is 1. The average molecular weight is 286 g/mol. The predicted molar refractivity (Wildman–Crippen MR) is 84.3 cm³/mol. The van der Waals surface area contributed by atoms with Gasteiger partial charge in [0.25, 0.3) is 0 Å². The van der Waals surface area contributed by atoms with Crippen LogP contribution in [0.25, 0.3) is 0 Å². The van der Waals surface area contributed by atoms with Crippen LogP contribution in [0.3, 0.4) is 0 Å². The molecule has 0 saturated carbocycles. The van der Waals surface area contributed by atoms with E-state index in [1.165, 1.54) is 0 Å². The summed E-state index contributed by atoms with van der Waals surface area (Å²) in [6, 6.07) is 10.2. The van der Waals surface area contributed by atoms with Crippen LogP contribution in [0.4, 0.5) is 0 Å². The Morgan fingerprint density at radius 2 is 1.67 bits per heavy atom. The van der Waals surface area contributed by atoms with Crippen LogP contribution in [0, 0.1) is 11.3 Å². The number of benzene rings is 1. The van der Waals surface area contributed by atoms with Gasteiger partial charge in [0, 0.05) is 6.42 Å². The summed E-state index contributed by atoms with van der Waals surface area (Å²) in [4.78, 5) is 0. The summed E-state index contributed by atoms with van der Waals surface area (Å²) in [7, 11) is 1.47. The minimum Gasteiger partial charge on any atom is -0.399 e. The Bertz CT molecular complexity index is 518. The van der Waals surface area contributed by atoms with Gasteiger partial charge in [-0.3, -0.25) is 0 Å². The first-order valence-electron chi connectivity index (χ1n) is 7.30. The molecule has 0 unspecified atom stereocenters. The van der Waals surface area contributed by atoms with Crippen molar-refractivity contribution in [3.63, 3.8) is 0 Å². The van der Waals surface area contributed by atoms with Crippen molar-refractivity contribution >= 4 is 12.6 Å². The molecule has 1 heterocycles. The second-order valence-corrected chi connectivity index (χ2v) is 6.50. The van der Waals surface area contributed by atoms with Crippen molar-refractivity contribution in [1.29, 1.82) is 5.26 Å². The van der Waals surface area contributed by atoms with Crippen LogP contribution in [0.15, 0.2) is 24.3 Å². The molecule has 5 heteroatoms. The largest absolute Gasteiger partial charge is 0.494 e. The van der Waals surface area contributed by atoms with Crippen LogP contribution >= 0.6 is 0 Å². The van der Waals surface area contributed by atoms with E-state index >= 15 is 0 Å². The molecule has 1 aliphatic heterocycles. The Morgan fingerprint density at radius 1 is 1.14 bits per heavy atom. The molecule has 0 spiro atoms. The van der Waals surface area contributed by atoms with Crippen LogP contribution in [0.2, 0.25) is 0 Å². The summed E-state index contributed by atoms with van der Waals surface area (Å²) in [6.07, 6.45) is 0.691. The fraction of sp³-hybridized carbons (Fsp3) is 0.562. The monoisotopic (exact) mass is 286 g/mol. The fourth-order valence-corrected chi connectivity index (χ4v) is 2.24. The normalized spacial score (nSPS) is 21.0. The molecule has 1 aliphatic rings. The lowest BCUT2D eigenvalue weighted by atomic mass is 9.78. The zero-order valence-electron chi connectivity index (χ0n) is 13.4. The zero-order chi connectivity index (χ0) is 15.7. The van der Waals surface area contributed by atoms with Crippen LogP contribution in [0.1, 0.15) is 33.3 Å². The van der Waals surface area contributed by atoms with Gasteiger partial charge in [-0.25, -0.2) is 0 Å². The van der Waals surface area contributed by atoms with E-state index in [9.17, 15) is 0 Å². The van der Waals surface area contributed by atoms with Crippen LogP contribution in [-0.4, -0.2) is 31.4 Å². The summed E-state index contributed by atoms with van der Waals surface area (Å²) in [6.45, 7) is 8.19. The van der Waals surface area contributed by atoms with Gasteiger partial charge in [0.2, 0.25) is 0 Å². The Labute approximate surface area is 127 Å². The molecule has 1 N–H and O–H groups in total. The Balaban J connectivity index is 2.09. The molecular weight excluding hydrogens is 263 g/mol. The third-order valence-corrected chi connectivity index (χ3v) is 4.45. The van der Waals surface area contributed by atoms with Gasteiger partial charge in [0.15, 0.2) is 0 Å². The van der Waals surface area contributed by atoms with Crippen molar-refractivity contribution in [2.45, 2.75) is 51.4 Å². The van der Waals surface area contributed by atoms with E-state index in [1.54, 1.807) is 7.05 Å². The highest BCUT2D eigenvalue weighted by Crippen LogP contribution is 2.36. The van der Waals surface area contributed by atoms with Gasteiger partial charge >= 0.3 is 7.12 Å². The number of likely N-dealkylation sites (N-methyl/N-ethyl adjacent to an activating group) is 1. The van der Waals surface area contributed by atoms with E-state index in [4.69, 9.17) is 14.6 Å². The maximum Gasteiger partial charge on any atom is 0.494 e. The van der Waals surface area contributed by atoms with Gasteiger partial charge in [-0.2, -0.15) is 5.26 Å². The molecule has 4 nitrogen and oxygen atoms in total. The second-order valence-electron chi connectivity index (χ2n) is 6.50. The van der Waals surface area contributed by atoms with Crippen molar-refractivity contribution in [3.8, 4) is 6.07 Å². The highest BCUT2D eigenvalue weighted by Gasteiger charge is 2.51. The molecule has 112 valence electrons. The van der Waals surface area contributed by atoms with E-state index in [-0.39, 0.29) is 24.4 Å².